The monoisotopic (exact) mass is 422 g/mol. The number of fused-ring (bicyclic) bond motifs is 1. The first-order valence-electron chi connectivity index (χ1n) is 13.6. The van der Waals surface area contributed by atoms with Crippen LogP contribution in [0.15, 0.2) is 48.0 Å². The molecule has 0 saturated heterocycles. The van der Waals surface area contributed by atoms with Gasteiger partial charge in [0.25, 0.3) is 0 Å². The number of hydrogen-bond donors (Lipinski definition) is 0. The van der Waals surface area contributed by atoms with Crippen LogP contribution in [0.3, 0.4) is 0 Å². The Hall–Kier alpha value is -1.82. The van der Waals surface area contributed by atoms with Crippen molar-refractivity contribution in [2.24, 2.45) is 29.6 Å². The molecule has 0 atom stereocenters. The smallest absolute Gasteiger partial charge is 0.00391 e. The van der Waals surface area contributed by atoms with Gasteiger partial charge in [0.15, 0.2) is 0 Å². The van der Waals surface area contributed by atoms with Crippen molar-refractivity contribution >= 4 is 6.08 Å². The van der Waals surface area contributed by atoms with E-state index in [9.17, 15) is 0 Å². The summed E-state index contributed by atoms with van der Waals surface area (Å²) >= 11 is 0. The van der Waals surface area contributed by atoms with Crippen LogP contribution < -0.4 is 0 Å². The van der Waals surface area contributed by atoms with Crippen molar-refractivity contribution in [2.75, 3.05) is 0 Å². The minimum Gasteiger partial charge on any atom is -0.0625 e. The maximum Gasteiger partial charge on any atom is -0.00391 e. The standard InChI is InChI=1S/C32H38/c1-21-5-7-25(8-6-21)28-16-27-3-2-4-30(31(27)17-28)26-9-11-29(12-10-26)32-18-22-13-23(19-32)15-24(14-22)20-32/h2-4,9-12,17,21-25H,5-8,13-16,18-20H2,1H3. The van der Waals surface area contributed by atoms with Crippen LogP contribution in [-0.2, 0) is 11.8 Å². The van der Waals surface area contributed by atoms with E-state index in [0.717, 1.165) is 29.6 Å². The van der Waals surface area contributed by atoms with E-state index < -0.39 is 0 Å². The van der Waals surface area contributed by atoms with Gasteiger partial charge in [0.2, 0.25) is 0 Å². The molecule has 5 saturated carbocycles. The maximum absolute atomic E-state index is 2.58. The van der Waals surface area contributed by atoms with Crippen LogP contribution in [-0.4, -0.2) is 0 Å². The van der Waals surface area contributed by atoms with Crippen LogP contribution >= 0.6 is 0 Å². The lowest BCUT2D eigenvalue weighted by Crippen LogP contribution is -2.48. The molecule has 4 bridgehead atoms. The summed E-state index contributed by atoms with van der Waals surface area (Å²) in [7, 11) is 0. The molecule has 5 fully saturated rings. The molecule has 0 heterocycles. The number of allylic oxidation sites excluding steroid dienone is 1. The van der Waals surface area contributed by atoms with Crippen LogP contribution in [0.4, 0.5) is 0 Å². The molecule has 0 aliphatic heterocycles. The maximum atomic E-state index is 2.58. The molecule has 0 aromatic heterocycles. The van der Waals surface area contributed by atoms with Gasteiger partial charge in [0.1, 0.15) is 0 Å². The molecule has 32 heavy (non-hydrogen) atoms. The zero-order valence-corrected chi connectivity index (χ0v) is 19.8. The molecule has 6 aliphatic carbocycles. The molecule has 0 radical (unpaired) electrons. The van der Waals surface area contributed by atoms with Crippen molar-refractivity contribution in [3.05, 3.63) is 64.7 Å². The third-order valence-corrected chi connectivity index (χ3v) is 10.3. The first-order chi connectivity index (χ1) is 15.6. The van der Waals surface area contributed by atoms with Gasteiger partial charge >= 0.3 is 0 Å². The topological polar surface area (TPSA) is 0 Å². The summed E-state index contributed by atoms with van der Waals surface area (Å²) in [6.07, 6.45) is 18.4. The summed E-state index contributed by atoms with van der Waals surface area (Å²) in [5, 5.41) is 0. The molecular weight excluding hydrogens is 384 g/mol. The molecule has 6 aliphatic rings. The van der Waals surface area contributed by atoms with E-state index in [0.29, 0.717) is 5.41 Å². The van der Waals surface area contributed by atoms with E-state index in [2.05, 4.69) is 55.5 Å². The van der Waals surface area contributed by atoms with Crippen LogP contribution in [0.25, 0.3) is 17.2 Å². The minimum atomic E-state index is 0.511. The summed E-state index contributed by atoms with van der Waals surface area (Å²) < 4.78 is 0. The van der Waals surface area contributed by atoms with Gasteiger partial charge in [-0.05, 0) is 121 Å². The Morgan fingerprint density at radius 1 is 0.750 bits per heavy atom. The Bertz CT molecular complexity index is 1010. The highest BCUT2D eigenvalue weighted by Crippen LogP contribution is 2.60. The van der Waals surface area contributed by atoms with Crippen molar-refractivity contribution in [2.45, 2.75) is 83.0 Å². The minimum absolute atomic E-state index is 0.511. The number of rotatable bonds is 3. The van der Waals surface area contributed by atoms with E-state index in [1.807, 2.05) is 0 Å². The van der Waals surface area contributed by atoms with Crippen molar-refractivity contribution in [1.29, 1.82) is 0 Å². The molecule has 0 spiro atoms. The Labute approximate surface area is 194 Å². The Balaban J connectivity index is 1.18. The van der Waals surface area contributed by atoms with Gasteiger partial charge in [0.05, 0.1) is 0 Å². The van der Waals surface area contributed by atoms with Gasteiger partial charge in [-0.3, -0.25) is 0 Å². The fourth-order valence-electron chi connectivity index (χ4n) is 9.01. The van der Waals surface area contributed by atoms with Gasteiger partial charge in [0, 0.05) is 0 Å². The second-order valence-corrected chi connectivity index (χ2v) is 12.5. The highest BCUT2D eigenvalue weighted by atomic mass is 14.6. The lowest BCUT2D eigenvalue weighted by molar-refractivity contribution is -0.00518. The SMILES string of the molecule is CC1CCC(C2=Cc3c(cccc3-c3ccc(C45CC6CC(CC(C6)C4)C5)cc3)C2)CC1. The molecule has 2 aromatic carbocycles. The van der Waals surface area contributed by atoms with Crippen LogP contribution in [0.1, 0.15) is 87.8 Å². The molecule has 2 aromatic rings. The highest BCUT2D eigenvalue weighted by molar-refractivity contribution is 5.81. The summed E-state index contributed by atoms with van der Waals surface area (Å²) in [6.45, 7) is 2.43. The van der Waals surface area contributed by atoms with E-state index in [-0.39, 0.29) is 0 Å². The summed E-state index contributed by atoms with van der Waals surface area (Å²) in [4.78, 5) is 0. The predicted octanol–water partition coefficient (Wildman–Crippen LogP) is 8.59. The second-order valence-electron chi connectivity index (χ2n) is 12.5. The largest absolute Gasteiger partial charge is 0.0625 e. The fraction of sp³-hybridized carbons (Fsp3) is 0.562. The van der Waals surface area contributed by atoms with Crippen LogP contribution in [0.5, 0.6) is 0 Å². The van der Waals surface area contributed by atoms with Crippen molar-refractivity contribution in [1.82, 2.24) is 0 Å². The summed E-state index contributed by atoms with van der Waals surface area (Å²) in [5.41, 5.74) is 9.83. The zero-order chi connectivity index (χ0) is 21.3. The lowest BCUT2D eigenvalue weighted by Gasteiger charge is -2.57. The quantitative estimate of drug-likeness (QED) is 0.464. The highest BCUT2D eigenvalue weighted by Gasteiger charge is 2.51. The normalized spacial score (nSPS) is 37.4. The fourth-order valence-corrected chi connectivity index (χ4v) is 9.01. The van der Waals surface area contributed by atoms with Gasteiger partial charge < -0.3 is 0 Å². The number of benzene rings is 2. The summed E-state index contributed by atoms with van der Waals surface area (Å²) in [6, 6.07) is 17.0. The van der Waals surface area contributed by atoms with Gasteiger partial charge in [-0.15, -0.1) is 0 Å². The average molecular weight is 423 g/mol. The lowest BCUT2D eigenvalue weighted by atomic mass is 9.48. The van der Waals surface area contributed by atoms with Crippen molar-refractivity contribution in [3.8, 4) is 11.1 Å². The first kappa shape index (κ1) is 19.6. The van der Waals surface area contributed by atoms with E-state index in [4.69, 9.17) is 0 Å². The average Bonchev–Trinajstić information content (AvgIpc) is 3.23. The molecule has 8 rings (SSSR count). The van der Waals surface area contributed by atoms with E-state index in [1.165, 1.54) is 87.3 Å². The Morgan fingerprint density at radius 2 is 1.41 bits per heavy atom. The van der Waals surface area contributed by atoms with Gasteiger partial charge in [-0.2, -0.15) is 0 Å². The molecule has 0 amide bonds. The first-order valence-corrected chi connectivity index (χ1v) is 13.6. The van der Waals surface area contributed by atoms with Crippen LogP contribution in [0, 0.1) is 29.6 Å². The van der Waals surface area contributed by atoms with Crippen LogP contribution in [0.2, 0.25) is 0 Å². The van der Waals surface area contributed by atoms with E-state index in [1.54, 1.807) is 16.7 Å². The molecule has 0 nitrogen and oxygen atoms in total. The Kier molecular flexibility index (Phi) is 4.50. The molecule has 0 heteroatoms. The summed E-state index contributed by atoms with van der Waals surface area (Å²) in [5.74, 6) is 4.81. The molecule has 0 unspecified atom stereocenters. The molecule has 166 valence electrons. The zero-order valence-electron chi connectivity index (χ0n) is 19.8. The Morgan fingerprint density at radius 3 is 2.06 bits per heavy atom. The van der Waals surface area contributed by atoms with Gasteiger partial charge in [-0.25, -0.2) is 0 Å². The van der Waals surface area contributed by atoms with E-state index >= 15 is 0 Å². The molecule has 0 N–H and O–H groups in total. The van der Waals surface area contributed by atoms with Crippen molar-refractivity contribution < 1.29 is 0 Å². The van der Waals surface area contributed by atoms with Crippen molar-refractivity contribution in [3.63, 3.8) is 0 Å². The predicted molar refractivity (Wildman–Crippen MR) is 135 cm³/mol. The number of hydrogen-bond acceptors (Lipinski definition) is 0. The third kappa shape index (κ3) is 3.16. The van der Waals surface area contributed by atoms with Gasteiger partial charge in [-0.1, -0.05) is 73.9 Å². The second kappa shape index (κ2) is 7.34. The molecular formula is C32H38. The third-order valence-electron chi connectivity index (χ3n) is 10.3.